The van der Waals surface area contributed by atoms with E-state index in [1.54, 1.807) is 46.0 Å². The van der Waals surface area contributed by atoms with E-state index >= 15 is 0 Å². The molecule has 3 aliphatic heterocycles. The van der Waals surface area contributed by atoms with Crippen molar-refractivity contribution in [3.05, 3.63) is 102 Å². The van der Waals surface area contributed by atoms with Crippen LogP contribution in [0.3, 0.4) is 0 Å². The van der Waals surface area contributed by atoms with E-state index in [0.29, 0.717) is 11.4 Å². The molecule has 3 fully saturated rings. The second-order valence-corrected chi connectivity index (χ2v) is 15.9. The van der Waals surface area contributed by atoms with Crippen LogP contribution in [0.2, 0.25) is 0 Å². The number of benzene rings is 2. The van der Waals surface area contributed by atoms with Gasteiger partial charge in [0.1, 0.15) is 11.6 Å². The number of rotatable bonds is 4. The molecule has 9 rings (SSSR count). The van der Waals surface area contributed by atoms with Gasteiger partial charge < -0.3 is 19.1 Å². The van der Waals surface area contributed by atoms with E-state index in [1.807, 2.05) is 76.5 Å². The van der Waals surface area contributed by atoms with Crippen LogP contribution in [-0.2, 0) is 9.31 Å². The molecule has 0 spiro atoms. The van der Waals surface area contributed by atoms with Gasteiger partial charge in [0.05, 0.1) is 39.4 Å². The Morgan fingerprint density at radius 2 is 1.15 bits per heavy atom. The van der Waals surface area contributed by atoms with Gasteiger partial charge in [0, 0.05) is 68.7 Å². The lowest BCUT2D eigenvalue weighted by atomic mass is 9.79. The molecule has 0 radical (unpaired) electrons. The third kappa shape index (κ3) is 8.45. The summed E-state index contributed by atoms with van der Waals surface area (Å²) in [4.78, 5) is 12.7. The second kappa shape index (κ2) is 16.1. The normalized spacial score (nSPS) is 17.9. The van der Waals surface area contributed by atoms with Gasteiger partial charge in [-0.3, -0.25) is 0 Å². The number of fused-ring (bicyclic) bond motifs is 2. The summed E-state index contributed by atoms with van der Waals surface area (Å²) >= 11 is 3.29. The van der Waals surface area contributed by atoms with E-state index in [-0.39, 0.29) is 11.6 Å². The van der Waals surface area contributed by atoms with Crippen molar-refractivity contribution >= 4 is 51.2 Å². The van der Waals surface area contributed by atoms with Gasteiger partial charge in [-0.2, -0.15) is 10.2 Å². The van der Waals surface area contributed by atoms with Crippen LogP contribution < -0.4 is 15.3 Å². The molecule has 0 N–H and O–H groups in total. The molecule has 10 nitrogen and oxygen atoms in total. The Morgan fingerprint density at radius 1 is 0.630 bits per heavy atom. The Morgan fingerprint density at radius 3 is 1.70 bits per heavy atom. The predicted molar refractivity (Wildman–Crippen MR) is 213 cm³/mol. The zero-order valence-corrected chi connectivity index (χ0v) is 32.8. The molecule has 54 heavy (non-hydrogen) atoms. The molecule has 0 bridgehead atoms. The lowest BCUT2D eigenvalue weighted by Gasteiger charge is -2.32. The minimum Gasteiger partial charge on any atom is -0.399 e. The Hall–Kier alpha value is -4.40. The predicted octanol–water partition coefficient (Wildman–Crippen LogP) is 8.13. The van der Waals surface area contributed by atoms with Crippen LogP contribution >= 0.6 is 15.9 Å². The van der Waals surface area contributed by atoms with E-state index in [0.717, 1.165) is 84.2 Å². The van der Waals surface area contributed by atoms with Gasteiger partial charge in [-0.15, -0.1) is 0 Å². The molecular formula is C40H46BBrF2N8O2. The minimum atomic E-state index is -0.505. The molecule has 0 atom stereocenters. The average Bonchev–Trinajstić information content (AvgIpc) is 3.89. The smallest absolute Gasteiger partial charge is 0.399 e. The highest BCUT2D eigenvalue weighted by Crippen LogP contribution is 2.37. The van der Waals surface area contributed by atoms with Gasteiger partial charge >= 0.3 is 7.12 Å². The van der Waals surface area contributed by atoms with Crippen LogP contribution in [0, 0.1) is 11.6 Å². The summed E-state index contributed by atoms with van der Waals surface area (Å²) in [6.45, 7) is 11.8. The highest BCUT2D eigenvalue weighted by molar-refractivity contribution is 9.10. The molecule has 4 aromatic heterocycles. The van der Waals surface area contributed by atoms with Crippen LogP contribution in [0.25, 0.3) is 22.4 Å². The summed E-state index contributed by atoms with van der Waals surface area (Å²) in [5.41, 5.74) is 4.67. The van der Waals surface area contributed by atoms with Crippen molar-refractivity contribution in [2.45, 2.75) is 77.4 Å². The molecule has 0 amide bonds. The van der Waals surface area contributed by atoms with Crippen LogP contribution in [0.5, 0.6) is 0 Å². The molecular weight excluding hydrogens is 753 g/mol. The fourth-order valence-corrected chi connectivity index (χ4v) is 7.16. The Kier molecular flexibility index (Phi) is 11.3. The maximum atomic E-state index is 14.5. The summed E-state index contributed by atoms with van der Waals surface area (Å²) in [6, 6.07) is 14.5. The average molecular weight is 800 g/mol. The minimum absolute atomic E-state index is 0.167. The van der Waals surface area contributed by atoms with E-state index in [2.05, 4.69) is 45.9 Å². The van der Waals surface area contributed by atoms with Crippen molar-refractivity contribution in [1.82, 2.24) is 29.2 Å². The number of halogens is 3. The monoisotopic (exact) mass is 798 g/mol. The van der Waals surface area contributed by atoms with Crippen molar-refractivity contribution in [3.8, 4) is 11.1 Å². The molecule has 6 aromatic rings. The fraction of sp³-hybridized carbons (Fsp3) is 0.400. The Bertz CT molecular complexity index is 2180. The summed E-state index contributed by atoms with van der Waals surface area (Å²) in [6.07, 6.45) is 17.7. The molecule has 0 saturated carbocycles. The Labute approximate surface area is 323 Å². The first-order valence-electron chi connectivity index (χ1n) is 18.7. The van der Waals surface area contributed by atoms with Crippen molar-refractivity contribution in [1.29, 1.82) is 0 Å². The topological polar surface area (TPSA) is 85.3 Å². The fourth-order valence-electron chi connectivity index (χ4n) is 6.86. The number of piperidine rings is 2. The third-order valence-electron chi connectivity index (χ3n) is 10.6. The first-order valence-corrected chi connectivity index (χ1v) is 19.5. The standard InChI is InChI=1S/C17H25BFNO2.C17H17FN4.C6H4BrN3/c1-16(2)17(3,4)22-18(21-16)13-8-9-15(14(19)12-13)20-10-6-5-7-11-20;18-15-10-13(4-5-16(15)21-8-2-1-3-9-21)14-11-19-17-6-7-20-22(17)12-14;7-5-3-8-6-1-2-9-10(6)4-5/h8-9,12H,5-7,10-11H2,1-4H3;4-7,10-12H,1-3,8-9H2;1-4H. The summed E-state index contributed by atoms with van der Waals surface area (Å²) < 4.78 is 45.3. The Balaban J connectivity index is 0.000000134. The summed E-state index contributed by atoms with van der Waals surface area (Å²) in [5, 5.41) is 8.17. The first kappa shape index (κ1) is 37.9. The maximum Gasteiger partial charge on any atom is 0.494 e. The highest BCUT2D eigenvalue weighted by atomic mass is 79.9. The van der Waals surface area contributed by atoms with E-state index < -0.39 is 18.3 Å². The van der Waals surface area contributed by atoms with Crippen LogP contribution in [0.1, 0.15) is 66.2 Å². The molecule has 282 valence electrons. The first-order chi connectivity index (χ1) is 26.0. The van der Waals surface area contributed by atoms with E-state index in [4.69, 9.17) is 9.31 Å². The lowest BCUT2D eigenvalue weighted by Crippen LogP contribution is -2.41. The summed E-state index contributed by atoms with van der Waals surface area (Å²) in [5.74, 6) is -0.353. The molecule has 2 aromatic carbocycles. The molecule has 7 heterocycles. The third-order valence-corrected chi connectivity index (χ3v) is 11.0. The molecule has 14 heteroatoms. The van der Waals surface area contributed by atoms with Gasteiger partial charge in [-0.25, -0.2) is 27.8 Å². The van der Waals surface area contributed by atoms with E-state index in [9.17, 15) is 8.78 Å². The van der Waals surface area contributed by atoms with Gasteiger partial charge in [0.15, 0.2) is 11.3 Å². The largest absolute Gasteiger partial charge is 0.494 e. The van der Waals surface area contributed by atoms with E-state index in [1.165, 1.54) is 12.8 Å². The lowest BCUT2D eigenvalue weighted by molar-refractivity contribution is 0.00578. The summed E-state index contributed by atoms with van der Waals surface area (Å²) in [7, 11) is -0.505. The molecule has 3 aliphatic rings. The van der Waals surface area contributed by atoms with Crippen molar-refractivity contribution in [2.24, 2.45) is 0 Å². The number of hydrogen-bond acceptors (Lipinski definition) is 8. The zero-order chi connectivity index (χ0) is 37.9. The van der Waals surface area contributed by atoms with Crippen molar-refractivity contribution in [2.75, 3.05) is 36.0 Å². The number of aromatic nitrogens is 6. The number of nitrogens with zero attached hydrogens (tertiary/aromatic N) is 8. The molecule has 0 unspecified atom stereocenters. The SMILES string of the molecule is Brc1cnc2ccnn2c1.CC1(C)OB(c2ccc(N3CCCCC3)c(F)c2)OC1(C)C.Fc1cc(-c2cnc3ccnn3c2)ccc1N1CCCCC1. The quantitative estimate of drug-likeness (QED) is 0.166. The second-order valence-electron chi connectivity index (χ2n) is 14.9. The zero-order valence-electron chi connectivity index (χ0n) is 31.3. The van der Waals surface area contributed by atoms with Crippen LogP contribution in [0.15, 0.2) is 90.2 Å². The van der Waals surface area contributed by atoms with Gasteiger partial charge in [-0.05, 0) is 117 Å². The number of anilines is 2. The number of hydrogen-bond donors (Lipinski definition) is 0. The van der Waals surface area contributed by atoms with Crippen LogP contribution in [-0.4, -0.2) is 73.7 Å². The van der Waals surface area contributed by atoms with Crippen molar-refractivity contribution in [3.63, 3.8) is 0 Å². The molecule has 0 aliphatic carbocycles. The highest BCUT2D eigenvalue weighted by Gasteiger charge is 2.51. The van der Waals surface area contributed by atoms with Gasteiger partial charge in [-0.1, -0.05) is 12.1 Å². The van der Waals surface area contributed by atoms with Gasteiger partial charge in [0.2, 0.25) is 0 Å². The van der Waals surface area contributed by atoms with Crippen LogP contribution in [0.4, 0.5) is 20.2 Å². The molecule has 3 saturated heterocycles. The van der Waals surface area contributed by atoms with Crippen molar-refractivity contribution < 1.29 is 18.1 Å². The van der Waals surface area contributed by atoms with Gasteiger partial charge in [0.25, 0.3) is 0 Å². The maximum absolute atomic E-state index is 14.5.